The zero-order chi connectivity index (χ0) is 16.4. The predicted molar refractivity (Wildman–Crippen MR) is 84.7 cm³/mol. The van der Waals surface area contributed by atoms with Crippen LogP contribution in [0.1, 0.15) is 24.0 Å². The van der Waals surface area contributed by atoms with Gasteiger partial charge >= 0.3 is 6.03 Å². The number of benzene rings is 1. The molecule has 1 aromatic carbocycles. The van der Waals surface area contributed by atoms with E-state index in [-0.39, 0.29) is 37.0 Å². The molecule has 0 spiro atoms. The molecule has 1 aliphatic heterocycles. The summed E-state index contributed by atoms with van der Waals surface area (Å²) < 4.78 is 0. The number of hydrogen-bond acceptors (Lipinski definition) is 3. The van der Waals surface area contributed by atoms with Crippen molar-refractivity contribution < 1.29 is 14.4 Å². The van der Waals surface area contributed by atoms with Crippen LogP contribution in [0.15, 0.2) is 24.3 Å². The van der Waals surface area contributed by atoms with Crippen LogP contribution in [0.3, 0.4) is 0 Å². The van der Waals surface area contributed by atoms with E-state index in [2.05, 4.69) is 5.32 Å². The van der Waals surface area contributed by atoms with Crippen molar-refractivity contribution in [3.05, 3.63) is 35.4 Å². The molecule has 122 valence electrons. The number of rotatable bonds is 6. The van der Waals surface area contributed by atoms with E-state index >= 15 is 0 Å². The Morgan fingerprint density at radius 3 is 2.70 bits per heavy atom. The maximum atomic E-state index is 12.1. The first-order valence-electron chi connectivity index (χ1n) is 7.98. The molecule has 6 nitrogen and oxygen atoms in total. The number of urea groups is 1. The summed E-state index contributed by atoms with van der Waals surface area (Å²) in [7, 11) is 0. The molecule has 0 aromatic heterocycles. The van der Waals surface area contributed by atoms with Crippen molar-refractivity contribution in [1.82, 2.24) is 15.1 Å². The second kappa shape index (κ2) is 6.40. The summed E-state index contributed by atoms with van der Waals surface area (Å²) in [4.78, 5) is 38.6. The van der Waals surface area contributed by atoms with Crippen LogP contribution in [0.5, 0.6) is 0 Å². The largest absolute Gasteiger partial charge is 0.354 e. The van der Waals surface area contributed by atoms with Crippen LogP contribution in [-0.2, 0) is 16.0 Å². The molecule has 2 aliphatic rings. The number of imide groups is 1. The molecule has 0 atom stereocenters. The fraction of sp³-hybridized carbons (Fsp3) is 0.471. The van der Waals surface area contributed by atoms with Gasteiger partial charge in [0, 0.05) is 12.6 Å². The Kier molecular flexibility index (Phi) is 4.32. The van der Waals surface area contributed by atoms with Gasteiger partial charge in [0.15, 0.2) is 0 Å². The first-order chi connectivity index (χ1) is 11.1. The molecule has 0 radical (unpaired) electrons. The molecular weight excluding hydrogens is 294 g/mol. The van der Waals surface area contributed by atoms with Crippen LogP contribution in [-0.4, -0.2) is 53.3 Å². The van der Waals surface area contributed by atoms with Crippen LogP contribution in [0.4, 0.5) is 4.79 Å². The molecule has 1 saturated heterocycles. The van der Waals surface area contributed by atoms with Crippen molar-refractivity contribution >= 4 is 17.8 Å². The molecule has 1 saturated carbocycles. The fourth-order valence-corrected chi connectivity index (χ4v) is 2.81. The Labute approximate surface area is 135 Å². The Bertz CT molecular complexity index is 640. The number of hydrogen-bond donors (Lipinski definition) is 1. The van der Waals surface area contributed by atoms with E-state index in [0.717, 1.165) is 24.2 Å². The highest BCUT2D eigenvalue weighted by Gasteiger charge is 2.44. The quantitative estimate of drug-likeness (QED) is 0.799. The zero-order valence-corrected chi connectivity index (χ0v) is 13.2. The van der Waals surface area contributed by atoms with E-state index in [1.165, 1.54) is 11.1 Å². The van der Waals surface area contributed by atoms with E-state index in [4.69, 9.17) is 0 Å². The Hall–Kier alpha value is -2.37. The monoisotopic (exact) mass is 315 g/mol. The minimum atomic E-state index is -0.327. The fourth-order valence-electron chi connectivity index (χ4n) is 2.81. The van der Waals surface area contributed by atoms with Crippen molar-refractivity contribution in [2.24, 2.45) is 0 Å². The van der Waals surface area contributed by atoms with E-state index in [0.29, 0.717) is 6.54 Å². The molecule has 0 bridgehead atoms. The Morgan fingerprint density at radius 1 is 1.26 bits per heavy atom. The molecule has 6 heteroatoms. The second-order valence-corrected chi connectivity index (χ2v) is 6.15. The Morgan fingerprint density at radius 2 is 2.00 bits per heavy atom. The van der Waals surface area contributed by atoms with Gasteiger partial charge in [-0.05, 0) is 37.3 Å². The lowest BCUT2D eigenvalue weighted by molar-refractivity contribution is -0.130. The maximum absolute atomic E-state index is 12.1. The third-order valence-electron chi connectivity index (χ3n) is 4.35. The van der Waals surface area contributed by atoms with Gasteiger partial charge in [-0.2, -0.15) is 0 Å². The van der Waals surface area contributed by atoms with Gasteiger partial charge in [-0.3, -0.25) is 14.5 Å². The number of carbonyl (C=O) groups is 3. The normalized spacial score (nSPS) is 17.8. The van der Waals surface area contributed by atoms with Gasteiger partial charge in [-0.25, -0.2) is 4.79 Å². The molecule has 2 fully saturated rings. The van der Waals surface area contributed by atoms with Crippen LogP contribution in [0, 0.1) is 6.92 Å². The van der Waals surface area contributed by atoms with E-state index in [1.807, 2.05) is 31.2 Å². The molecule has 23 heavy (non-hydrogen) atoms. The van der Waals surface area contributed by atoms with Crippen molar-refractivity contribution in [3.63, 3.8) is 0 Å². The van der Waals surface area contributed by atoms with Crippen molar-refractivity contribution in [1.29, 1.82) is 0 Å². The van der Waals surface area contributed by atoms with Crippen LogP contribution in [0.25, 0.3) is 0 Å². The smallest absolute Gasteiger partial charge is 0.327 e. The number of aryl methyl sites for hydroxylation is 1. The van der Waals surface area contributed by atoms with E-state index < -0.39 is 0 Å². The second-order valence-electron chi connectivity index (χ2n) is 6.15. The average Bonchev–Trinajstić information content (AvgIpc) is 3.32. The summed E-state index contributed by atoms with van der Waals surface area (Å²) in [5, 5.41) is 2.78. The van der Waals surface area contributed by atoms with Crippen LogP contribution < -0.4 is 5.32 Å². The summed E-state index contributed by atoms with van der Waals surface area (Å²) in [6.45, 7) is 2.45. The molecule has 3 rings (SSSR count). The van der Waals surface area contributed by atoms with Crippen molar-refractivity contribution in [3.8, 4) is 0 Å². The first-order valence-corrected chi connectivity index (χ1v) is 7.98. The average molecular weight is 315 g/mol. The highest BCUT2D eigenvalue weighted by Crippen LogP contribution is 2.30. The SMILES string of the molecule is Cc1ccccc1CCNC(=O)CN1C(=O)CN(C2CC2)C1=O. The molecule has 1 heterocycles. The third kappa shape index (κ3) is 3.52. The van der Waals surface area contributed by atoms with E-state index in [9.17, 15) is 14.4 Å². The van der Waals surface area contributed by atoms with Gasteiger partial charge < -0.3 is 10.2 Å². The minimum absolute atomic E-state index is 0.111. The molecular formula is C17H21N3O3. The van der Waals surface area contributed by atoms with Crippen molar-refractivity contribution in [2.75, 3.05) is 19.6 Å². The number of carbonyl (C=O) groups excluding carboxylic acids is 3. The van der Waals surface area contributed by atoms with Gasteiger partial charge in [0.1, 0.15) is 13.1 Å². The maximum Gasteiger partial charge on any atom is 0.327 e. The van der Waals surface area contributed by atoms with Gasteiger partial charge in [0.05, 0.1) is 0 Å². The minimum Gasteiger partial charge on any atom is -0.354 e. The predicted octanol–water partition coefficient (Wildman–Crippen LogP) is 1.08. The van der Waals surface area contributed by atoms with Gasteiger partial charge in [0.25, 0.3) is 5.91 Å². The molecule has 4 amide bonds. The van der Waals surface area contributed by atoms with Crippen molar-refractivity contribution in [2.45, 2.75) is 32.2 Å². The number of amides is 4. The first kappa shape index (κ1) is 15.5. The topological polar surface area (TPSA) is 69.7 Å². The summed E-state index contributed by atoms with van der Waals surface area (Å²) >= 11 is 0. The highest BCUT2D eigenvalue weighted by molar-refractivity contribution is 6.04. The lowest BCUT2D eigenvalue weighted by Crippen LogP contribution is -2.42. The lowest BCUT2D eigenvalue weighted by Gasteiger charge is -2.16. The van der Waals surface area contributed by atoms with Gasteiger partial charge in [0.2, 0.25) is 5.91 Å². The summed E-state index contributed by atoms with van der Waals surface area (Å²) in [6, 6.07) is 7.88. The molecule has 1 aliphatic carbocycles. The van der Waals surface area contributed by atoms with Gasteiger partial charge in [-0.15, -0.1) is 0 Å². The van der Waals surface area contributed by atoms with Gasteiger partial charge in [-0.1, -0.05) is 24.3 Å². The summed E-state index contributed by atoms with van der Waals surface area (Å²) in [6.07, 6.45) is 2.64. The molecule has 1 N–H and O–H groups in total. The standard InChI is InChI=1S/C17H21N3O3/c1-12-4-2-3-5-13(12)8-9-18-15(21)10-20-16(22)11-19(17(20)23)14-6-7-14/h2-5,14H,6-11H2,1H3,(H,18,21). The summed E-state index contributed by atoms with van der Waals surface area (Å²) in [5.41, 5.74) is 2.37. The number of nitrogens with zero attached hydrogens (tertiary/aromatic N) is 2. The van der Waals surface area contributed by atoms with Crippen LogP contribution >= 0.6 is 0 Å². The number of nitrogens with one attached hydrogen (secondary N) is 1. The Balaban J connectivity index is 1.47. The zero-order valence-electron chi connectivity index (χ0n) is 13.2. The van der Waals surface area contributed by atoms with E-state index in [1.54, 1.807) is 4.90 Å². The molecule has 0 unspecified atom stereocenters. The third-order valence-corrected chi connectivity index (χ3v) is 4.35. The summed E-state index contributed by atoms with van der Waals surface area (Å²) in [5.74, 6) is -0.575. The van der Waals surface area contributed by atoms with Crippen LogP contribution in [0.2, 0.25) is 0 Å². The lowest BCUT2D eigenvalue weighted by atomic mass is 10.1. The molecule has 1 aromatic rings. The highest BCUT2D eigenvalue weighted by atomic mass is 16.2.